The number of rotatable bonds is 9. The van der Waals surface area contributed by atoms with E-state index in [1.807, 2.05) is 0 Å². The normalized spacial score (nSPS) is 10.8. The van der Waals surface area contributed by atoms with E-state index in [0.717, 1.165) is 12.1 Å². The van der Waals surface area contributed by atoms with Gasteiger partial charge in [0.15, 0.2) is 0 Å². The molecule has 0 aliphatic rings. The molecule has 3 aromatic rings. The SMILES string of the molecule is Cc1cc(OCc2ccc(F)cc2F)c(Br)c(=O)n1Cc1cnc(CN(C)CC(N)=O)cn1.Cl. The molecule has 0 atom stereocenters. The number of pyridine rings is 1. The van der Waals surface area contributed by atoms with Crippen molar-refractivity contribution in [2.24, 2.45) is 5.73 Å². The van der Waals surface area contributed by atoms with Crippen LogP contribution in [0.2, 0.25) is 0 Å². The van der Waals surface area contributed by atoms with Crippen molar-refractivity contribution in [1.82, 2.24) is 19.4 Å². The van der Waals surface area contributed by atoms with Crippen molar-refractivity contribution < 1.29 is 18.3 Å². The molecule has 1 aromatic carbocycles. The van der Waals surface area contributed by atoms with Crippen LogP contribution in [0.5, 0.6) is 5.75 Å². The van der Waals surface area contributed by atoms with E-state index in [9.17, 15) is 18.4 Å². The molecule has 2 N–H and O–H groups in total. The van der Waals surface area contributed by atoms with Gasteiger partial charge in [0.05, 0.1) is 36.9 Å². The van der Waals surface area contributed by atoms with Gasteiger partial charge in [-0.25, -0.2) is 8.78 Å². The number of hydrogen-bond acceptors (Lipinski definition) is 6. The van der Waals surface area contributed by atoms with Crippen LogP contribution in [-0.2, 0) is 24.5 Å². The van der Waals surface area contributed by atoms with Crippen LogP contribution in [0, 0.1) is 18.6 Å². The first-order chi connectivity index (χ1) is 15.6. The summed E-state index contributed by atoms with van der Waals surface area (Å²) in [6.07, 6.45) is 3.14. The van der Waals surface area contributed by atoms with Crippen molar-refractivity contribution in [3.63, 3.8) is 0 Å². The van der Waals surface area contributed by atoms with Crippen LogP contribution < -0.4 is 16.0 Å². The molecule has 0 aliphatic heterocycles. The van der Waals surface area contributed by atoms with Crippen molar-refractivity contribution >= 4 is 34.2 Å². The molecule has 12 heteroatoms. The highest BCUT2D eigenvalue weighted by Gasteiger charge is 2.14. The van der Waals surface area contributed by atoms with E-state index in [2.05, 4.69) is 25.9 Å². The third-order valence-corrected chi connectivity index (χ3v) is 5.48. The minimum absolute atomic E-state index is 0. The number of hydrogen-bond donors (Lipinski definition) is 1. The average Bonchev–Trinajstić information content (AvgIpc) is 2.74. The summed E-state index contributed by atoms with van der Waals surface area (Å²) in [6.45, 7) is 2.26. The van der Waals surface area contributed by atoms with E-state index in [0.29, 0.717) is 23.6 Å². The summed E-state index contributed by atoms with van der Waals surface area (Å²) < 4.78 is 34.2. The number of aryl methyl sites for hydroxylation is 1. The van der Waals surface area contributed by atoms with E-state index in [1.165, 1.54) is 10.6 Å². The fraction of sp³-hybridized carbons (Fsp3) is 0.273. The van der Waals surface area contributed by atoms with Gasteiger partial charge in [0.1, 0.15) is 28.5 Å². The van der Waals surface area contributed by atoms with Gasteiger partial charge in [-0.3, -0.25) is 24.5 Å². The average molecular weight is 559 g/mol. The Morgan fingerprint density at radius 3 is 2.50 bits per heavy atom. The Morgan fingerprint density at radius 2 is 1.88 bits per heavy atom. The number of amides is 1. The summed E-state index contributed by atoms with van der Waals surface area (Å²) in [5.74, 6) is -1.59. The summed E-state index contributed by atoms with van der Waals surface area (Å²) in [7, 11) is 1.74. The van der Waals surface area contributed by atoms with Gasteiger partial charge in [0.25, 0.3) is 5.56 Å². The Kier molecular flexibility index (Phi) is 9.66. The number of benzene rings is 1. The molecular formula is C22H23BrClF2N5O3. The standard InChI is InChI=1S/C22H22BrF2N5O3.ClH/c1-13-5-19(33-12-14-3-4-15(24)6-18(14)25)21(23)22(32)30(13)10-17-8-27-16(7-28-17)9-29(2)11-20(26)31;/h3-8H,9-12H2,1-2H3,(H2,26,31);1H. The number of carbonyl (C=O) groups is 1. The number of carbonyl (C=O) groups excluding carboxylic acids is 1. The maximum absolute atomic E-state index is 13.8. The summed E-state index contributed by atoms with van der Waals surface area (Å²) in [5, 5.41) is 0. The van der Waals surface area contributed by atoms with Crippen LogP contribution >= 0.6 is 28.3 Å². The molecule has 34 heavy (non-hydrogen) atoms. The zero-order valence-electron chi connectivity index (χ0n) is 18.4. The lowest BCUT2D eigenvalue weighted by molar-refractivity contribution is -0.118. The van der Waals surface area contributed by atoms with Crippen molar-refractivity contribution in [2.75, 3.05) is 13.6 Å². The van der Waals surface area contributed by atoms with Gasteiger partial charge in [-0.2, -0.15) is 0 Å². The molecule has 0 fully saturated rings. The van der Waals surface area contributed by atoms with Crippen LogP contribution in [0.3, 0.4) is 0 Å². The number of aromatic nitrogens is 3. The first-order valence-corrected chi connectivity index (χ1v) is 10.7. The maximum Gasteiger partial charge on any atom is 0.269 e. The Labute approximate surface area is 209 Å². The molecule has 2 heterocycles. The number of nitrogens with two attached hydrogens (primary N) is 1. The fourth-order valence-electron chi connectivity index (χ4n) is 3.12. The van der Waals surface area contributed by atoms with Crippen LogP contribution in [0.1, 0.15) is 22.6 Å². The Morgan fingerprint density at radius 1 is 1.21 bits per heavy atom. The molecule has 0 saturated heterocycles. The molecule has 8 nitrogen and oxygen atoms in total. The monoisotopic (exact) mass is 557 g/mol. The third kappa shape index (κ3) is 7.05. The topological polar surface area (TPSA) is 103 Å². The number of likely N-dealkylation sites (N-methyl/N-ethyl adjacent to an activating group) is 1. The third-order valence-electron chi connectivity index (χ3n) is 4.75. The first-order valence-electron chi connectivity index (χ1n) is 9.87. The lowest BCUT2D eigenvalue weighted by Gasteiger charge is -2.15. The van der Waals surface area contributed by atoms with Crippen molar-refractivity contribution in [3.05, 3.63) is 85.8 Å². The van der Waals surface area contributed by atoms with E-state index in [4.69, 9.17) is 10.5 Å². The highest BCUT2D eigenvalue weighted by atomic mass is 79.9. The second-order valence-electron chi connectivity index (χ2n) is 7.52. The van der Waals surface area contributed by atoms with Crippen LogP contribution in [0.25, 0.3) is 0 Å². The molecule has 1 amide bonds. The number of halogens is 4. The van der Waals surface area contributed by atoms with Crippen molar-refractivity contribution in [1.29, 1.82) is 0 Å². The second kappa shape index (κ2) is 12.0. The van der Waals surface area contributed by atoms with E-state index >= 15 is 0 Å². The molecule has 0 bridgehead atoms. The summed E-state index contributed by atoms with van der Waals surface area (Å²) in [4.78, 5) is 34.2. The van der Waals surface area contributed by atoms with E-state index < -0.39 is 17.5 Å². The van der Waals surface area contributed by atoms with Crippen LogP contribution in [0.15, 0.2) is 45.9 Å². The number of ether oxygens (including phenoxy) is 1. The van der Waals surface area contributed by atoms with Gasteiger partial charge in [0.2, 0.25) is 5.91 Å². The molecule has 3 rings (SSSR count). The molecule has 0 spiro atoms. The molecule has 0 saturated carbocycles. The zero-order valence-corrected chi connectivity index (χ0v) is 20.8. The zero-order chi connectivity index (χ0) is 24.1. The highest BCUT2D eigenvalue weighted by molar-refractivity contribution is 9.10. The van der Waals surface area contributed by atoms with Gasteiger partial charge in [0, 0.05) is 29.9 Å². The minimum atomic E-state index is -0.723. The summed E-state index contributed by atoms with van der Waals surface area (Å²) in [6, 6.07) is 4.86. The quantitative estimate of drug-likeness (QED) is 0.433. The Bertz CT molecular complexity index is 1220. The molecule has 0 unspecified atom stereocenters. The summed E-state index contributed by atoms with van der Waals surface area (Å²) >= 11 is 3.25. The van der Waals surface area contributed by atoms with Gasteiger partial charge in [-0.15, -0.1) is 12.4 Å². The number of nitrogens with zero attached hydrogens (tertiary/aromatic N) is 4. The largest absolute Gasteiger partial charge is 0.487 e. The van der Waals surface area contributed by atoms with Crippen molar-refractivity contribution in [3.8, 4) is 5.75 Å². The predicted molar refractivity (Wildman–Crippen MR) is 128 cm³/mol. The molecule has 0 radical (unpaired) electrons. The lowest BCUT2D eigenvalue weighted by atomic mass is 10.2. The van der Waals surface area contributed by atoms with Gasteiger partial charge in [-0.05, 0) is 42.0 Å². The predicted octanol–water partition coefficient (Wildman–Crippen LogP) is 2.95. The smallest absolute Gasteiger partial charge is 0.269 e. The van der Waals surface area contributed by atoms with Crippen molar-refractivity contribution in [2.45, 2.75) is 26.6 Å². The van der Waals surface area contributed by atoms with Gasteiger partial charge < -0.3 is 15.0 Å². The van der Waals surface area contributed by atoms with Crippen LogP contribution in [-0.4, -0.2) is 38.9 Å². The summed E-state index contributed by atoms with van der Waals surface area (Å²) in [5.41, 5.74) is 6.82. The molecule has 0 aliphatic carbocycles. The molecule has 2 aromatic heterocycles. The highest BCUT2D eigenvalue weighted by Crippen LogP contribution is 2.24. The van der Waals surface area contributed by atoms with Gasteiger partial charge in [-0.1, -0.05) is 0 Å². The van der Waals surface area contributed by atoms with E-state index in [-0.39, 0.29) is 53.4 Å². The van der Waals surface area contributed by atoms with Gasteiger partial charge >= 0.3 is 0 Å². The van der Waals surface area contributed by atoms with Crippen LogP contribution in [0.4, 0.5) is 8.78 Å². The molecular weight excluding hydrogens is 536 g/mol. The second-order valence-corrected chi connectivity index (χ2v) is 8.31. The van der Waals surface area contributed by atoms with E-state index in [1.54, 1.807) is 37.3 Å². The fourth-order valence-corrected chi connectivity index (χ4v) is 3.56. The first kappa shape index (κ1) is 27.4. The Hall–Kier alpha value is -2.89. The lowest BCUT2D eigenvalue weighted by Crippen LogP contribution is -2.30. The number of primary amides is 1. The molecule has 182 valence electrons. The maximum atomic E-state index is 13.8. The Balaban J connectivity index is 0.00000408. The minimum Gasteiger partial charge on any atom is -0.487 e.